The summed E-state index contributed by atoms with van der Waals surface area (Å²) in [4.78, 5) is 23.9. The van der Waals surface area contributed by atoms with Crippen LogP contribution in [0.25, 0.3) is 15.9 Å². The fourth-order valence-electron chi connectivity index (χ4n) is 3.37. The average molecular weight is 343 g/mol. The molecule has 0 radical (unpaired) electrons. The summed E-state index contributed by atoms with van der Waals surface area (Å²) in [5, 5.41) is 8.35. The first-order valence-electron chi connectivity index (χ1n) is 8.56. The number of nitrogens with zero attached hydrogens (tertiary/aromatic N) is 4. The second-order valence-corrected chi connectivity index (χ2v) is 7.73. The monoisotopic (exact) mass is 343 g/mol. The molecule has 0 aromatic carbocycles. The van der Waals surface area contributed by atoms with Crippen LogP contribution in [0.2, 0.25) is 0 Å². The molecule has 4 rings (SSSR count). The number of thiophene rings is 1. The molecule has 1 N–H and O–H groups in total. The van der Waals surface area contributed by atoms with Gasteiger partial charge in [-0.05, 0) is 44.1 Å². The smallest absolute Gasteiger partial charge is 0.291 e. The molecule has 3 aromatic rings. The van der Waals surface area contributed by atoms with Gasteiger partial charge in [-0.2, -0.15) is 0 Å². The van der Waals surface area contributed by atoms with E-state index in [1.54, 1.807) is 22.2 Å². The van der Waals surface area contributed by atoms with Gasteiger partial charge in [0.25, 0.3) is 5.91 Å². The number of aromatic nitrogens is 4. The van der Waals surface area contributed by atoms with Gasteiger partial charge in [0.05, 0.1) is 5.39 Å². The fraction of sp³-hybridized carbons (Fsp3) is 0.529. The van der Waals surface area contributed by atoms with Crippen molar-refractivity contribution >= 4 is 33.1 Å². The molecule has 1 aliphatic carbocycles. The molecule has 1 aliphatic rings. The number of rotatable bonds is 3. The summed E-state index contributed by atoms with van der Waals surface area (Å²) in [5.74, 6) is 0.496. The normalized spacial score (nSPS) is 18.7. The second kappa shape index (κ2) is 5.81. The first kappa shape index (κ1) is 15.5. The molecule has 0 bridgehead atoms. The molecule has 24 heavy (non-hydrogen) atoms. The molecule has 2 atom stereocenters. The first-order valence-corrected chi connectivity index (χ1v) is 9.37. The Balaban J connectivity index is 1.86. The molecule has 0 saturated heterocycles. The molecule has 3 aromatic heterocycles. The minimum Gasteiger partial charge on any atom is -0.347 e. The van der Waals surface area contributed by atoms with Crippen LogP contribution in [0.3, 0.4) is 0 Å². The highest BCUT2D eigenvalue weighted by atomic mass is 32.1. The van der Waals surface area contributed by atoms with Crippen molar-refractivity contribution in [3.63, 3.8) is 0 Å². The molecular weight excluding hydrogens is 322 g/mol. The minimum absolute atomic E-state index is 0.108. The summed E-state index contributed by atoms with van der Waals surface area (Å²) in [6.45, 7) is 6.28. The van der Waals surface area contributed by atoms with Crippen LogP contribution in [0.4, 0.5) is 0 Å². The molecule has 0 aliphatic heterocycles. The van der Waals surface area contributed by atoms with Crippen LogP contribution in [-0.4, -0.2) is 31.5 Å². The number of carbonyl (C=O) groups is 1. The molecule has 0 fully saturated rings. The highest BCUT2D eigenvalue weighted by molar-refractivity contribution is 7.19. The van der Waals surface area contributed by atoms with Gasteiger partial charge in [0.1, 0.15) is 11.2 Å². The second-order valence-electron chi connectivity index (χ2n) is 6.64. The Hall–Kier alpha value is -2.02. The summed E-state index contributed by atoms with van der Waals surface area (Å²) in [7, 11) is 0. The lowest BCUT2D eigenvalue weighted by Gasteiger charge is -2.18. The Kier molecular flexibility index (Phi) is 3.75. The third-order valence-electron chi connectivity index (χ3n) is 4.87. The molecule has 126 valence electrons. The van der Waals surface area contributed by atoms with E-state index in [1.807, 2.05) is 13.8 Å². The Morgan fingerprint density at radius 1 is 1.54 bits per heavy atom. The number of aryl methyl sites for hydroxylation is 1. The maximum absolute atomic E-state index is 12.3. The molecule has 3 heterocycles. The quantitative estimate of drug-likeness (QED) is 0.792. The van der Waals surface area contributed by atoms with Crippen LogP contribution in [0.5, 0.6) is 0 Å². The van der Waals surface area contributed by atoms with Crippen molar-refractivity contribution in [2.75, 3.05) is 0 Å². The summed E-state index contributed by atoms with van der Waals surface area (Å²) < 4.78 is 1.64. The third kappa shape index (κ3) is 2.38. The maximum Gasteiger partial charge on any atom is 0.291 e. The fourth-order valence-corrected chi connectivity index (χ4v) is 4.67. The highest BCUT2D eigenvalue weighted by Crippen LogP contribution is 2.42. The lowest BCUT2D eigenvalue weighted by Crippen LogP contribution is -2.32. The van der Waals surface area contributed by atoms with E-state index < -0.39 is 0 Å². The minimum atomic E-state index is -0.224. The number of hydrogen-bond acceptors (Lipinski definition) is 5. The lowest BCUT2D eigenvalue weighted by atomic mass is 9.87. The van der Waals surface area contributed by atoms with E-state index in [0.29, 0.717) is 5.92 Å². The Morgan fingerprint density at radius 2 is 2.38 bits per heavy atom. The summed E-state index contributed by atoms with van der Waals surface area (Å²) in [6.07, 6.45) is 6.07. The Morgan fingerprint density at radius 3 is 3.17 bits per heavy atom. The van der Waals surface area contributed by atoms with Crippen molar-refractivity contribution < 1.29 is 4.79 Å². The van der Waals surface area contributed by atoms with Crippen molar-refractivity contribution in [1.82, 2.24) is 24.9 Å². The number of carbonyl (C=O) groups excluding carboxylic acids is 1. The third-order valence-corrected chi connectivity index (χ3v) is 6.04. The van der Waals surface area contributed by atoms with Crippen LogP contribution < -0.4 is 5.32 Å². The van der Waals surface area contributed by atoms with Gasteiger partial charge in [0, 0.05) is 10.9 Å². The van der Waals surface area contributed by atoms with Crippen molar-refractivity contribution in [2.45, 2.75) is 58.4 Å². The predicted molar refractivity (Wildman–Crippen MR) is 94.7 cm³/mol. The zero-order valence-corrected chi connectivity index (χ0v) is 15.0. The average Bonchev–Trinajstić information content (AvgIpc) is 3.15. The van der Waals surface area contributed by atoms with Crippen molar-refractivity contribution in [2.24, 2.45) is 0 Å². The van der Waals surface area contributed by atoms with Crippen molar-refractivity contribution in [3.8, 4) is 0 Å². The van der Waals surface area contributed by atoms with E-state index in [0.717, 1.165) is 28.7 Å². The van der Waals surface area contributed by atoms with E-state index in [4.69, 9.17) is 0 Å². The highest BCUT2D eigenvalue weighted by Gasteiger charge is 2.26. The maximum atomic E-state index is 12.3. The molecule has 1 amide bonds. The largest absolute Gasteiger partial charge is 0.347 e. The summed E-state index contributed by atoms with van der Waals surface area (Å²) >= 11 is 1.76. The lowest BCUT2D eigenvalue weighted by molar-refractivity contribution is 0.0929. The van der Waals surface area contributed by atoms with Gasteiger partial charge in [0.2, 0.25) is 5.82 Å². The van der Waals surface area contributed by atoms with Gasteiger partial charge in [-0.15, -0.1) is 16.4 Å². The zero-order valence-electron chi connectivity index (χ0n) is 14.2. The van der Waals surface area contributed by atoms with Gasteiger partial charge in [-0.25, -0.2) is 14.5 Å². The van der Waals surface area contributed by atoms with E-state index in [-0.39, 0.29) is 17.8 Å². The zero-order chi connectivity index (χ0) is 16.8. The van der Waals surface area contributed by atoms with Gasteiger partial charge in [0.15, 0.2) is 5.65 Å². The molecule has 7 heteroatoms. The summed E-state index contributed by atoms with van der Waals surface area (Å²) in [6, 6.07) is 0.108. The first-order chi connectivity index (χ1) is 11.6. The van der Waals surface area contributed by atoms with Crippen LogP contribution in [-0.2, 0) is 6.42 Å². The number of nitrogens with one attached hydrogen (secondary N) is 1. The van der Waals surface area contributed by atoms with E-state index in [1.165, 1.54) is 23.3 Å². The van der Waals surface area contributed by atoms with Gasteiger partial charge in [-0.3, -0.25) is 4.79 Å². The van der Waals surface area contributed by atoms with Gasteiger partial charge in [-0.1, -0.05) is 13.8 Å². The van der Waals surface area contributed by atoms with Crippen LogP contribution >= 0.6 is 11.3 Å². The summed E-state index contributed by atoms with van der Waals surface area (Å²) in [5.41, 5.74) is 2.11. The standard InChI is InChI=1S/C17H21N5OS/c1-4-10(3)19-16(23)14-20-15-13-12-9(2)6-5-7-11(12)24-17(13)18-8-22(15)21-14/h8-10H,4-7H2,1-3H3,(H,19,23)/t9-,10-/m1/s1. The van der Waals surface area contributed by atoms with Crippen molar-refractivity contribution in [3.05, 3.63) is 22.6 Å². The Labute approximate surface area is 144 Å². The number of fused-ring (bicyclic) bond motifs is 5. The molecule has 6 nitrogen and oxygen atoms in total. The molecular formula is C17H21N5OS. The van der Waals surface area contributed by atoms with E-state index >= 15 is 0 Å². The predicted octanol–water partition coefficient (Wildman–Crippen LogP) is 3.31. The van der Waals surface area contributed by atoms with Crippen LogP contribution in [0.1, 0.15) is 67.0 Å². The molecule has 0 spiro atoms. The van der Waals surface area contributed by atoms with Crippen molar-refractivity contribution in [1.29, 1.82) is 0 Å². The topological polar surface area (TPSA) is 72.2 Å². The Bertz CT molecular complexity index is 928. The number of hydrogen-bond donors (Lipinski definition) is 1. The van der Waals surface area contributed by atoms with Gasteiger partial charge >= 0.3 is 0 Å². The molecule has 0 unspecified atom stereocenters. The van der Waals surface area contributed by atoms with Gasteiger partial charge < -0.3 is 5.32 Å². The van der Waals surface area contributed by atoms with Crippen LogP contribution in [0, 0.1) is 0 Å². The molecule has 0 saturated carbocycles. The SMILES string of the molecule is CC[C@@H](C)NC(=O)c1nc2c3c4c(sc3ncn2n1)CCC[C@H]4C. The van der Waals surface area contributed by atoms with E-state index in [2.05, 4.69) is 27.3 Å². The van der Waals surface area contributed by atoms with E-state index in [9.17, 15) is 4.79 Å². The van der Waals surface area contributed by atoms with Crippen LogP contribution in [0.15, 0.2) is 6.33 Å². The number of amides is 1.